The normalized spacial score (nSPS) is 17.2. The summed E-state index contributed by atoms with van der Waals surface area (Å²) < 4.78 is 5.74. The van der Waals surface area contributed by atoms with Crippen molar-refractivity contribution in [3.05, 3.63) is 29.0 Å². The van der Waals surface area contributed by atoms with Crippen LogP contribution in [0.5, 0.6) is 0 Å². The van der Waals surface area contributed by atoms with Gasteiger partial charge >= 0.3 is 5.97 Å². The van der Waals surface area contributed by atoms with Gasteiger partial charge in [0.15, 0.2) is 0 Å². The molecular formula is C15H18N2O3S. The van der Waals surface area contributed by atoms with E-state index in [9.17, 15) is 4.79 Å². The van der Waals surface area contributed by atoms with E-state index >= 15 is 0 Å². The number of aryl methyl sites for hydroxylation is 1. The SMILES string of the molecule is Cc1oc(-c2cccs2)nc1CN1CCC(C(=O)O)CC1. The average molecular weight is 306 g/mol. The first-order chi connectivity index (χ1) is 10.1. The van der Waals surface area contributed by atoms with Gasteiger partial charge in [0.25, 0.3) is 0 Å². The Hall–Kier alpha value is -1.66. The molecule has 1 aliphatic heterocycles. The van der Waals surface area contributed by atoms with Crippen molar-refractivity contribution in [3.8, 4) is 10.8 Å². The molecule has 3 heterocycles. The van der Waals surface area contributed by atoms with Crippen molar-refractivity contribution < 1.29 is 14.3 Å². The molecule has 112 valence electrons. The Kier molecular flexibility index (Phi) is 4.07. The lowest BCUT2D eigenvalue weighted by molar-refractivity contribution is -0.143. The average Bonchev–Trinajstić information content (AvgIpc) is 3.10. The number of carboxylic acid groups (broad SMARTS) is 1. The van der Waals surface area contributed by atoms with E-state index in [0.717, 1.165) is 36.0 Å². The highest BCUT2D eigenvalue weighted by Gasteiger charge is 2.25. The maximum Gasteiger partial charge on any atom is 0.306 e. The maximum atomic E-state index is 11.0. The molecule has 2 aromatic heterocycles. The van der Waals surface area contributed by atoms with E-state index < -0.39 is 5.97 Å². The number of carbonyl (C=O) groups is 1. The number of aliphatic carboxylic acids is 1. The minimum absolute atomic E-state index is 0.193. The molecule has 1 fully saturated rings. The van der Waals surface area contributed by atoms with Gasteiger partial charge in [-0.15, -0.1) is 11.3 Å². The van der Waals surface area contributed by atoms with Crippen molar-refractivity contribution in [1.82, 2.24) is 9.88 Å². The summed E-state index contributed by atoms with van der Waals surface area (Å²) in [6, 6.07) is 3.98. The topological polar surface area (TPSA) is 66.6 Å². The zero-order valence-corrected chi connectivity index (χ0v) is 12.7. The van der Waals surface area contributed by atoms with Crippen molar-refractivity contribution in [3.63, 3.8) is 0 Å². The summed E-state index contributed by atoms with van der Waals surface area (Å²) >= 11 is 1.61. The van der Waals surface area contributed by atoms with Crippen LogP contribution >= 0.6 is 11.3 Å². The fourth-order valence-corrected chi connectivity index (χ4v) is 3.28. The Labute approximate surface area is 127 Å². The summed E-state index contributed by atoms with van der Waals surface area (Å²) in [5.74, 6) is 0.658. The minimum Gasteiger partial charge on any atom is -0.481 e. The third-order valence-electron chi connectivity index (χ3n) is 3.93. The van der Waals surface area contributed by atoms with Crippen LogP contribution in [0.25, 0.3) is 10.8 Å². The standard InChI is InChI=1S/C15H18N2O3S/c1-10-12(16-14(20-10)13-3-2-8-21-13)9-17-6-4-11(5-7-17)15(18)19/h2-3,8,11H,4-7,9H2,1H3,(H,18,19). The van der Waals surface area contributed by atoms with Crippen LogP contribution in [-0.2, 0) is 11.3 Å². The molecule has 1 aliphatic rings. The molecule has 6 heteroatoms. The summed E-state index contributed by atoms with van der Waals surface area (Å²) in [5, 5.41) is 11.0. The van der Waals surface area contributed by atoms with Gasteiger partial charge in [0.1, 0.15) is 5.76 Å². The molecule has 0 unspecified atom stereocenters. The van der Waals surface area contributed by atoms with Gasteiger partial charge in [0, 0.05) is 6.54 Å². The Bertz CT molecular complexity index is 613. The summed E-state index contributed by atoms with van der Waals surface area (Å²) in [4.78, 5) is 18.8. The Morgan fingerprint density at radius 3 is 2.90 bits per heavy atom. The molecule has 5 nitrogen and oxygen atoms in total. The predicted molar refractivity (Wildman–Crippen MR) is 80.2 cm³/mol. The molecule has 0 spiro atoms. The quantitative estimate of drug-likeness (QED) is 0.940. The second-order valence-electron chi connectivity index (χ2n) is 5.39. The smallest absolute Gasteiger partial charge is 0.306 e. The van der Waals surface area contributed by atoms with Crippen molar-refractivity contribution in [2.24, 2.45) is 5.92 Å². The molecule has 2 aromatic rings. The molecule has 0 bridgehead atoms. The molecule has 0 saturated carbocycles. The van der Waals surface area contributed by atoms with Gasteiger partial charge in [0.05, 0.1) is 16.5 Å². The zero-order valence-electron chi connectivity index (χ0n) is 11.9. The zero-order chi connectivity index (χ0) is 14.8. The van der Waals surface area contributed by atoms with Crippen LogP contribution in [-0.4, -0.2) is 34.0 Å². The van der Waals surface area contributed by atoms with Gasteiger partial charge in [-0.25, -0.2) is 4.98 Å². The molecule has 0 aliphatic carbocycles. The van der Waals surface area contributed by atoms with E-state index in [1.54, 1.807) is 11.3 Å². The summed E-state index contributed by atoms with van der Waals surface area (Å²) in [6.07, 6.45) is 1.42. The number of likely N-dealkylation sites (tertiary alicyclic amines) is 1. The molecule has 1 saturated heterocycles. The molecule has 0 atom stereocenters. The van der Waals surface area contributed by atoms with Crippen molar-refractivity contribution >= 4 is 17.3 Å². The van der Waals surface area contributed by atoms with E-state index in [-0.39, 0.29) is 5.92 Å². The number of oxazole rings is 1. The predicted octanol–water partition coefficient (Wildman–Crippen LogP) is 3.01. The lowest BCUT2D eigenvalue weighted by Crippen LogP contribution is -2.36. The second-order valence-corrected chi connectivity index (χ2v) is 6.34. The molecule has 0 aromatic carbocycles. The molecule has 3 rings (SSSR count). The third kappa shape index (κ3) is 3.16. The number of aromatic nitrogens is 1. The van der Waals surface area contributed by atoms with Gasteiger partial charge in [-0.3, -0.25) is 9.69 Å². The Morgan fingerprint density at radius 1 is 1.52 bits per heavy atom. The molecular weight excluding hydrogens is 288 g/mol. The number of hydrogen-bond donors (Lipinski definition) is 1. The summed E-state index contributed by atoms with van der Waals surface area (Å²) in [5.41, 5.74) is 0.951. The fourth-order valence-electron chi connectivity index (χ4n) is 2.63. The molecule has 1 N–H and O–H groups in total. The summed E-state index contributed by atoms with van der Waals surface area (Å²) in [7, 11) is 0. The number of nitrogens with zero attached hydrogens (tertiary/aromatic N) is 2. The van der Waals surface area contributed by atoms with E-state index in [4.69, 9.17) is 9.52 Å². The van der Waals surface area contributed by atoms with Crippen LogP contribution in [0.15, 0.2) is 21.9 Å². The Morgan fingerprint density at radius 2 is 2.29 bits per heavy atom. The first kappa shape index (κ1) is 14.3. The Balaban J connectivity index is 1.65. The van der Waals surface area contributed by atoms with Crippen LogP contribution in [0.2, 0.25) is 0 Å². The highest BCUT2D eigenvalue weighted by atomic mass is 32.1. The number of thiophene rings is 1. The van der Waals surface area contributed by atoms with Gasteiger partial charge in [-0.2, -0.15) is 0 Å². The van der Waals surface area contributed by atoms with Crippen LogP contribution in [0, 0.1) is 12.8 Å². The minimum atomic E-state index is -0.674. The molecule has 0 radical (unpaired) electrons. The van der Waals surface area contributed by atoms with E-state index in [1.165, 1.54) is 0 Å². The van der Waals surface area contributed by atoms with E-state index in [2.05, 4.69) is 9.88 Å². The maximum absolute atomic E-state index is 11.0. The van der Waals surface area contributed by atoms with E-state index in [0.29, 0.717) is 18.7 Å². The van der Waals surface area contributed by atoms with Crippen molar-refractivity contribution in [1.29, 1.82) is 0 Å². The highest BCUT2D eigenvalue weighted by Crippen LogP contribution is 2.27. The van der Waals surface area contributed by atoms with Crippen molar-refractivity contribution in [2.75, 3.05) is 13.1 Å². The third-order valence-corrected chi connectivity index (χ3v) is 4.79. The van der Waals surface area contributed by atoms with E-state index in [1.807, 2.05) is 24.4 Å². The first-order valence-corrected chi connectivity index (χ1v) is 7.97. The van der Waals surface area contributed by atoms with Gasteiger partial charge in [0.2, 0.25) is 5.89 Å². The molecule has 21 heavy (non-hydrogen) atoms. The van der Waals surface area contributed by atoms with Crippen LogP contribution in [0.3, 0.4) is 0 Å². The number of hydrogen-bond acceptors (Lipinski definition) is 5. The summed E-state index contributed by atoms with van der Waals surface area (Å²) in [6.45, 7) is 4.27. The van der Waals surface area contributed by atoms with Crippen LogP contribution in [0.1, 0.15) is 24.3 Å². The highest BCUT2D eigenvalue weighted by molar-refractivity contribution is 7.13. The molecule has 0 amide bonds. The lowest BCUT2D eigenvalue weighted by Gasteiger charge is -2.29. The largest absolute Gasteiger partial charge is 0.481 e. The van der Waals surface area contributed by atoms with Crippen molar-refractivity contribution in [2.45, 2.75) is 26.3 Å². The first-order valence-electron chi connectivity index (χ1n) is 7.09. The number of carboxylic acids is 1. The number of rotatable bonds is 4. The number of piperidine rings is 1. The van der Waals surface area contributed by atoms with Gasteiger partial charge in [-0.1, -0.05) is 6.07 Å². The van der Waals surface area contributed by atoms with Crippen LogP contribution in [0.4, 0.5) is 0 Å². The second kappa shape index (κ2) is 5.99. The lowest BCUT2D eigenvalue weighted by atomic mass is 9.97. The van der Waals surface area contributed by atoms with Gasteiger partial charge < -0.3 is 9.52 Å². The van der Waals surface area contributed by atoms with Crippen LogP contribution < -0.4 is 0 Å². The van der Waals surface area contributed by atoms with Gasteiger partial charge in [-0.05, 0) is 44.3 Å². The fraction of sp³-hybridized carbons (Fsp3) is 0.467. The monoisotopic (exact) mass is 306 g/mol.